The monoisotopic (exact) mass is 320 g/mol. The minimum Gasteiger partial charge on any atom is -0.491 e. The van der Waals surface area contributed by atoms with E-state index in [1.54, 1.807) is 24.3 Å². The summed E-state index contributed by atoms with van der Waals surface area (Å²) in [6.45, 7) is 0.0435. The first-order valence-electron chi connectivity index (χ1n) is 6.00. The molecule has 2 rings (SSSR count). The Bertz CT molecular complexity index is 584. The van der Waals surface area contributed by atoms with Crippen LogP contribution in [0.3, 0.4) is 0 Å². The van der Waals surface area contributed by atoms with Gasteiger partial charge in [0.2, 0.25) is 0 Å². The maximum atomic E-state index is 12.5. The van der Waals surface area contributed by atoms with Crippen LogP contribution in [0.4, 0.5) is 13.2 Å². The molecule has 0 fully saturated rings. The lowest BCUT2D eigenvalue weighted by Crippen LogP contribution is -2.18. The van der Waals surface area contributed by atoms with Crippen molar-refractivity contribution in [2.24, 2.45) is 0 Å². The summed E-state index contributed by atoms with van der Waals surface area (Å²) < 4.78 is 42.6. The highest BCUT2D eigenvalue weighted by molar-refractivity contribution is 6.18. The molecule has 8 heteroatoms. The Labute approximate surface area is 123 Å². The van der Waals surface area contributed by atoms with Crippen molar-refractivity contribution in [3.8, 4) is 17.1 Å². The van der Waals surface area contributed by atoms with E-state index in [0.29, 0.717) is 11.3 Å². The van der Waals surface area contributed by atoms with Gasteiger partial charge in [0.1, 0.15) is 24.3 Å². The average Bonchev–Trinajstić information content (AvgIpc) is 2.95. The molecule has 0 amide bonds. The van der Waals surface area contributed by atoms with Crippen molar-refractivity contribution >= 4 is 11.6 Å². The molecular weight excluding hydrogens is 309 g/mol. The van der Waals surface area contributed by atoms with Crippen LogP contribution in [0.1, 0.15) is 5.69 Å². The molecule has 1 aromatic carbocycles. The van der Waals surface area contributed by atoms with Gasteiger partial charge in [-0.05, 0) is 24.3 Å². The van der Waals surface area contributed by atoms with Gasteiger partial charge >= 0.3 is 6.18 Å². The molecule has 0 radical (unpaired) electrons. The van der Waals surface area contributed by atoms with Gasteiger partial charge in [0.25, 0.3) is 0 Å². The number of alkyl halides is 4. The molecule has 1 atom stereocenters. The summed E-state index contributed by atoms with van der Waals surface area (Å²) in [6.07, 6.45) is -4.43. The number of aromatic amines is 1. The molecule has 21 heavy (non-hydrogen) atoms. The topological polar surface area (TPSA) is 58.1 Å². The number of hydrogen-bond donors (Lipinski definition) is 2. The summed E-state index contributed by atoms with van der Waals surface area (Å²) in [7, 11) is 0. The molecule has 1 aromatic heterocycles. The molecule has 0 aliphatic heterocycles. The highest BCUT2D eigenvalue weighted by atomic mass is 35.5. The van der Waals surface area contributed by atoms with Crippen LogP contribution in [0.25, 0.3) is 11.4 Å². The lowest BCUT2D eigenvalue weighted by atomic mass is 10.2. The van der Waals surface area contributed by atoms with Gasteiger partial charge in [0, 0.05) is 11.8 Å². The van der Waals surface area contributed by atoms with E-state index in [1.165, 1.54) is 0 Å². The SMILES string of the molecule is OC(CCl)COc1ccc(-c2nc(C(F)(F)F)c[nH]2)cc1. The molecule has 0 spiro atoms. The van der Waals surface area contributed by atoms with Gasteiger partial charge in [-0.1, -0.05) is 0 Å². The van der Waals surface area contributed by atoms with Crippen molar-refractivity contribution in [1.29, 1.82) is 0 Å². The number of nitrogens with one attached hydrogen (secondary N) is 1. The highest BCUT2D eigenvalue weighted by Gasteiger charge is 2.33. The molecule has 4 nitrogen and oxygen atoms in total. The molecular formula is C13H12ClF3N2O2. The average molecular weight is 321 g/mol. The first-order valence-corrected chi connectivity index (χ1v) is 6.53. The fourth-order valence-corrected chi connectivity index (χ4v) is 1.65. The van der Waals surface area contributed by atoms with E-state index in [9.17, 15) is 18.3 Å². The normalized spacial score (nSPS) is 13.2. The van der Waals surface area contributed by atoms with Crippen molar-refractivity contribution in [3.05, 3.63) is 36.2 Å². The molecule has 0 aliphatic carbocycles. The minimum absolute atomic E-state index is 0.0435. The zero-order chi connectivity index (χ0) is 15.5. The number of hydrogen-bond acceptors (Lipinski definition) is 3. The number of benzene rings is 1. The molecule has 2 aromatic rings. The van der Waals surface area contributed by atoms with Gasteiger partial charge in [-0.3, -0.25) is 0 Å². The lowest BCUT2D eigenvalue weighted by Gasteiger charge is -2.09. The van der Waals surface area contributed by atoms with Crippen molar-refractivity contribution in [3.63, 3.8) is 0 Å². The van der Waals surface area contributed by atoms with Crippen molar-refractivity contribution < 1.29 is 23.0 Å². The van der Waals surface area contributed by atoms with Gasteiger partial charge < -0.3 is 14.8 Å². The minimum atomic E-state index is -4.48. The number of imidazole rings is 1. The third-order valence-electron chi connectivity index (χ3n) is 2.62. The summed E-state index contributed by atoms with van der Waals surface area (Å²) in [5, 5.41) is 9.25. The Morgan fingerprint density at radius 3 is 2.48 bits per heavy atom. The lowest BCUT2D eigenvalue weighted by molar-refractivity contribution is -0.140. The van der Waals surface area contributed by atoms with Crippen molar-refractivity contribution in [2.45, 2.75) is 12.3 Å². The molecule has 0 saturated heterocycles. The number of aliphatic hydroxyl groups excluding tert-OH is 1. The van der Waals surface area contributed by atoms with Crippen molar-refractivity contribution in [1.82, 2.24) is 9.97 Å². The molecule has 0 bridgehead atoms. The second kappa shape index (κ2) is 6.36. The van der Waals surface area contributed by atoms with Crippen molar-refractivity contribution in [2.75, 3.05) is 12.5 Å². The number of H-pyrrole nitrogens is 1. The number of halogens is 4. The van der Waals surface area contributed by atoms with E-state index in [1.807, 2.05) is 0 Å². The van der Waals surface area contributed by atoms with E-state index in [0.717, 1.165) is 6.20 Å². The molecule has 2 N–H and O–H groups in total. The van der Waals surface area contributed by atoms with Crippen LogP contribution in [-0.2, 0) is 6.18 Å². The first-order chi connectivity index (χ1) is 9.90. The standard InChI is InChI=1S/C13H12ClF3N2O2/c14-5-9(20)7-21-10-3-1-8(2-4-10)12-18-6-11(19-12)13(15,16)17/h1-4,6,9,20H,5,7H2,(H,18,19). The van der Waals surface area contributed by atoms with E-state index in [2.05, 4.69) is 9.97 Å². The number of aliphatic hydroxyl groups is 1. The van der Waals surface area contributed by atoms with Gasteiger partial charge in [0.15, 0.2) is 5.69 Å². The van der Waals surface area contributed by atoms with E-state index < -0.39 is 18.0 Å². The Hall–Kier alpha value is -1.73. The Morgan fingerprint density at radius 2 is 1.95 bits per heavy atom. The summed E-state index contributed by atoms with van der Waals surface area (Å²) >= 11 is 5.43. The number of nitrogens with zero attached hydrogens (tertiary/aromatic N) is 1. The van der Waals surface area contributed by atoms with Crippen LogP contribution in [0.15, 0.2) is 30.5 Å². The molecule has 1 unspecified atom stereocenters. The van der Waals surface area contributed by atoms with Crippen LogP contribution >= 0.6 is 11.6 Å². The second-order valence-electron chi connectivity index (χ2n) is 4.28. The Kier molecular flexibility index (Phi) is 4.74. The van der Waals surface area contributed by atoms with Crippen LogP contribution in [0, 0.1) is 0 Å². The number of aromatic nitrogens is 2. The Morgan fingerprint density at radius 1 is 1.29 bits per heavy atom. The maximum Gasteiger partial charge on any atom is 0.434 e. The van der Waals surface area contributed by atoms with Gasteiger partial charge in [-0.15, -0.1) is 11.6 Å². The summed E-state index contributed by atoms with van der Waals surface area (Å²) in [5.41, 5.74) is -0.473. The van der Waals surface area contributed by atoms with Gasteiger partial charge in [-0.25, -0.2) is 4.98 Å². The number of rotatable bonds is 5. The third kappa shape index (κ3) is 4.12. The van der Waals surface area contributed by atoms with Gasteiger partial charge in [-0.2, -0.15) is 13.2 Å². The molecule has 0 aliphatic rings. The largest absolute Gasteiger partial charge is 0.491 e. The zero-order valence-corrected chi connectivity index (χ0v) is 11.4. The maximum absolute atomic E-state index is 12.5. The van der Waals surface area contributed by atoms with Gasteiger partial charge in [0.05, 0.1) is 5.88 Å². The fourth-order valence-electron chi connectivity index (χ4n) is 1.56. The third-order valence-corrected chi connectivity index (χ3v) is 2.97. The predicted octanol–water partition coefficient (Wildman–Crippen LogP) is 3.07. The van der Waals surface area contributed by atoms with E-state index in [-0.39, 0.29) is 18.3 Å². The quantitative estimate of drug-likeness (QED) is 0.832. The van der Waals surface area contributed by atoms with E-state index >= 15 is 0 Å². The fraction of sp³-hybridized carbons (Fsp3) is 0.308. The van der Waals surface area contributed by atoms with Crippen LogP contribution < -0.4 is 4.74 Å². The van der Waals surface area contributed by atoms with Crippen LogP contribution in [0.5, 0.6) is 5.75 Å². The molecule has 114 valence electrons. The smallest absolute Gasteiger partial charge is 0.434 e. The van der Waals surface area contributed by atoms with E-state index in [4.69, 9.17) is 16.3 Å². The number of ether oxygens (including phenoxy) is 1. The summed E-state index contributed by atoms with van der Waals surface area (Å²) in [5.74, 6) is 0.658. The molecule has 0 saturated carbocycles. The van der Waals surface area contributed by atoms with Crippen LogP contribution in [0.2, 0.25) is 0 Å². The highest BCUT2D eigenvalue weighted by Crippen LogP contribution is 2.29. The molecule has 1 heterocycles. The first kappa shape index (κ1) is 15.7. The van der Waals surface area contributed by atoms with Crippen LogP contribution in [-0.4, -0.2) is 33.7 Å². The zero-order valence-electron chi connectivity index (χ0n) is 10.7. The predicted molar refractivity (Wildman–Crippen MR) is 71.2 cm³/mol. The summed E-state index contributed by atoms with van der Waals surface area (Å²) in [6, 6.07) is 6.29. The second-order valence-corrected chi connectivity index (χ2v) is 4.58. The Balaban J connectivity index is 2.07. The summed E-state index contributed by atoms with van der Waals surface area (Å²) in [4.78, 5) is 5.97.